The van der Waals surface area contributed by atoms with Crippen LogP contribution >= 0.6 is 0 Å². The molecule has 128 valence electrons. The monoisotopic (exact) mass is 332 g/mol. The largest absolute Gasteiger partial charge is 0.477 e. The number of carbonyl (C=O) groups excluding carboxylic acids is 1. The van der Waals surface area contributed by atoms with Gasteiger partial charge in [-0.05, 0) is 12.0 Å². The first-order valence-electron chi connectivity index (χ1n) is 7.31. The Morgan fingerprint density at radius 1 is 1.39 bits per heavy atom. The SMILES string of the molecule is CC(C)COc1ccc(C(=O)N2CC(OCC(F)(F)F)C2)cn1. The summed E-state index contributed by atoms with van der Waals surface area (Å²) in [7, 11) is 0. The summed E-state index contributed by atoms with van der Waals surface area (Å²) in [6.45, 7) is 3.58. The molecule has 1 aromatic heterocycles. The summed E-state index contributed by atoms with van der Waals surface area (Å²) in [5.74, 6) is 0.526. The van der Waals surface area contributed by atoms with Crippen molar-refractivity contribution >= 4 is 5.91 Å². The van der Waals surface area contributed by atoms with Crippen LogP contribution in [0.15, 0.2) is 18.3 Å². The maximum atomic E-state index is 12.1. The fraction of sp³-hybridized carbons (Fsp3) is 0.600. The van der Waals surface area contributed by atoms with E-state index in [0.29, 0.717) is 24.0 Å². The minimum atomic E-state index is -4.35. The van der Waals surface area contributed by atoms with Crippen LogP contribution in [0.1, 0.15) is 24.2 Å². The Labute approximate surface area is 132 Å². The minimum absolute atomic E-state index is 0.153. The number of ether oxygens (including phenoxy) is 2. The Bertz CT molecular complexity index is 526. The third-order valence-electron chi connectivity index (χ3n) is 3.17. The highest BCUT2D eigenvalue weighted by atomic mass is 19.4. The Hall–Kier alpha value is -1.83. The molecule has 2 heterocycles. The molecule has 5 nitrogen and oxygen atoms in total. The molecule has 2 rings (SSSR count). The van der Waals surface area contributed by atoms with E-state index in [1.807, 2.05) is 13.8 Å². The molecule has 0 N–H and O–H groups in total. The first-order valence-corrected chi connectivity index (χ1v) is 7.31. The number of likely N-dealkylation sites (tertiary alicyclic amines) is 1. The molecule has 1 aromatic rings. The van der Waals surface area contributed by atoms with Crippen molar-refractivity contribution < 1.29 is 27.4 Å². The molecule has 0 saturated carbocycles. The zero-order valence-corrected chi connectivity index (χ0v) is 13.0. The van der Waals surface area contributed by atoms with Gasteiger partial charge in [0, 0.05) is 25.4 Å². The van der Waals surface area contributed by atoms with Gasteiger partial charge in [-0.3, -0.25) is 4.79 Å². The van der Waals surface area contributed by atoms with E-state index in [9.17, 15) is 18.0 Å². The first-order chi connectivity index (χ1) is 10.7. The lowest BCUT2D eigenvalue weighted by Crippen LogP contribution is -2.55. The van der Waals surface area contributed by atoms with Crippen molar-refractivity contribution in [2.45, 2.75) is 26.1 Å². The fourth-order valence-electron chi connectivity index (χ4n) is 1.95. The van der Waals surface area contributed by atoms with Gasteiger partial charge in [-0.2, -0.15) is 13.2 Å². The van der Waals surface area contributed by atoms with E-state index < -0.39 is 18.9 Å². The van der Waals surface area contributed by atoms with E-state index in [-0.39, 0.29) is 19.0 Å². The molecule has 0 bridgehead atoms. The number of halogens is 3. The van der Waals surface area contributed by atoms with Crippen LogP contribution in [-0.2, 0) is 4.74 Å². The number of carbonyl (C=O) groups is 1. The Morgan fingerprint density at radius 2 is 2.09 bits per heavy atom. The summed E-state index contributed by atoms with van der Waals surface area (Å²) >= 11 is 0. The number of hydrogen-bond acceptors (Lipinski definition) is 4. The van der Waals surface area contributed by atoms with E-state index in [1.165, 1.54) is 11.1 Å². The number of nitrogens with zero attached hydrogens (tertiary/aromatic N) is 2. The number of amides is 1. The molecule has 0 atom stereocenters. The standard InChI is InChI=1S/C15H19F3N2O3/c1-10(2)8-22-13-4-3-11(5-19-13)14(21)20-6-12(7-20)23-9-15(16,17)18/h3-5,10,12H,6-9H2,1-2H3. The lowest BCUT2D eigenvalue weighted by molar-refractivity contribution is -0.196. The van der Waals surface area contributed by atoms with Gasteiger partial charge >= 0.3 is 6.18 Å². The van der Waals surface area contributed by atoms with Crippen molar-refractivity contribution in [3.63, 3.8) is 0 Å². The average Bonchev–Trinajstić information content (AvgIpc) is 2.42. The van der Waals surface area contributed by atoms with Crippen LogP contribution in [-0.4, -0.2) is 54.4 Å². The molecule has 1 saturated heterocycles. The van der Waals surface area contributed by atoms with Gasteiger partial charge in [-0.15, -0.1) is 0 Å². The lowest BCUT2D eigenvalue weighted by Gasteiger charge is -2.38. The zero-order valence-electron chi connectivity index (χ0n) is 13.0. The van der Waals surface area contributed by atoms with Gasteiger partial charge in [0.1, 0.15) is 6.61 Å². The van der Waals surface area contributed by atoms with Crippen molar-refractivity contribution in [3.8, 4) is 5.88 Å². The first kappa shape index (κ1) is 17.5. The van der Waals surface area contributed by atoms with Crippen molar-refractivity contribution in [1.82, 2.24) is 9.88 Å². The maximum absolute atomic E-state index is 12.1. The smallest absolute Gasteiger partial charge is 0.411 e. The quantitative estimate of drug-likeness (QED) is 0.803. The maximum Gasteiger partial charge on any atom is 0.411 e. The van der Waals surface area contributed by atoms with Crippen molar-refractivity contribution in [1.29, 1.82) is 0 Å². The normalized spacial score (nSPS) is 15.7. The van der Waals surface area contributed by atoms with E-state index in [4.69, 9.17) is 4.74 Å². The fourth-order valence-corrected chi connectivity index (χ4v) is 1.95. The predicted molar refractivity (Wildman–Crippen MR) is 76.3 cm³/mol. The van der Waals surface area contributed by atoms with Gasteiger partial charge in [0.25, 0.3) is 5.91 Å². The second kappa shape index (κ2) is 7.16. The zero-order chi connectivity index (χ0) is 17.0. The molecule has 0 radical (unpaired) electrons. The Balaban J connectivity index is 1.78. The van der Waals surface area contributed by atoms with Crippen LogP contribution in [0.2, 0.25) is 0 Å². The van der Waals surface area contributed by atoms with E-state index >= 15 is 0 Å². The number of hydrogen-bond donors (Lipinski definition) is 0. The molecule has 0 unspecified atom stereocenters. The van der Waals surface area contributed by atoms with Gasteiger partial charge in [-0.1, -0.05) is 13.8 Å². The van der Waals surface area contributed by atoms with Crippen LogP contribution in [0.25, 0.3) is 0 Å². The molecule has 0 spiro atoms. The summed E-state index contributed by atoms with van der Waals surface area (Å²) in [4.78, 5) is 17.6. The predicted octanol–water partition coefficient (Wildman–Crippen LogP) is 2.52. The molecule has 1 aliphatic heterocycles. The molecule has 8 heteroatoms. The van der Waals surface area contributed by atoms with E-state index in [0.717, 1.165) is 0 Å². The molecule has 0 aliphatic carbocycles. The van der Waals surface area contributed by atoms with E-state index in [2.05, 4.69) is 9.72 Å². The van der Waals surface area contributed by atoms with Crippen LogP contribution in [0.3, 0.4) is 0 Å². The third kappa shape index (κ3) is 5.38. The summed E-state index contributed by atoms with van der Waals surface area (Å²) in [5, 5.41) is 0. The second-order valence-electron chi connectivity index (χ2n) is 5.85. The highest BCUT2D eigenvalue weighted by molar-refractivity contribution is 5.94. The summed E-state index contributed by atoms with van der Waals surface area (Å²) in [5.41, 5.74) is 0.371. The van der Waals surface area contributed by atoms with E-state index in [1.54, 1.807) is 12.1 Å². The molecule has 23 heavy (non-hydrogen) atoms. The van der Waals surface area contributed by atoms with Gasteiger partial charge < -0.3 is 14.4 Å². The van der Waals surface area contributed by atoms with Crippen molar-refractivity contribution in [3.05, 3.63) is 23.9 Å². The second-order valence-corrected chi connectivity index (χ2v) is 5.85. The third-order valence-corrected chi connectivity index (χ3v) is 3.17. The highest BCUT2D eigenvalue weighted by Crippen LogP contribution is 2.21. The van der Waals surface area contributed by atoms with Gasteiger partial charge in [0.2, 0.25) is 5.88 Å². The molecule has 1 fully saturated rings. The minimum Gasteiger partial charge on any atom is -0.477 e. The summed E-state index contributed by atoms with van der Waals surface area (Å²) < 4.78 is 46.2. The van der Waals surface area contributed by atoms with Crippen LogP contribution in [0.4, 0.5) is 13.2 Å². The Kier molecular flexibility index (Phi) is 5.46. The van der Waals surface area contributed by atoms with Gasteiger partial charge in [0.15, 0.2) is 0 Å². The van der Waals surface area contributed by atoms with Crippen molar-refractivity contribution in [2.75, 3.05) is 26.3 Å². The molecule has 1 amide bonds. The molecule has 0 aromatic carbocycles. The molecule has 1 aliphatic rings. The summed E-state index contributed by atoms with van der Waals surface area (Å²) in [6.07, 6.45) is -3.51. The topological polar surface area (TPSA) is 51.7 Å². The van der Waals surface area contributed by atoms with Crippen LogP contribution in [0, 0.1) is 5.92 Å². The van der Waals surface area contributed by atoms with Crippen molar-refractivity contribution in [2.24, 2.45) is 5.92 Å². The number of pyridine rings is 1. The lowest BCUT2D eigenvalue weighted by atomic mass is 10.1. The Morgan fingerprint density at radius 3 is 2.61 bits per heavy atom. The molecular formula is C15H19F3N2O3. The number of rotatable bonds is 6. The average molecular weight is 332 g/mol. The summed E-state index contributed by atoms with van der Waals surface area (Å²) in [6, 6.07) is 3.20. The van der Waals surface area contributed by atoms with Gasteiger partial charge in [0.05, 0.1) is 18.3 Å². The number of alkyl halides is 3. The van der Waals surface area contributed by atoms with Crippen LogP contribution in [0.5, 0.6) is 5.88 Å². The van der Waals surface area contributed by atoms with Gasteiger partial charge in [-0.25, -0.2) is 4.98 Å². The highest BCUT2D eigenvalue weighted by Gasteiger charge is 2.36. The molecular weight excluding hydrogens is 313 g/mol. The number of aromatic nitrogens is 1. The van der Waals surface area contributed by atoms with Crippen LogP contribution < -0.4 is 4.74 Å².